The van der Waals surface area contributed by atoms with Crippen molar-refractivity contribution >= 4 is 69.6 Å². The Morgan fingerprint density at radius 2 is 2.28 bits per heavy atom. The van der Waals surface area contributed by atoms with Gasteiger partial charge in [0.1, 0.15) is 10.9 Å². The van der Waals surface area contributed by atoms with E-state index in [0.717, 1.165) is 17.3 Å². The second kappa shape index (κ2) is 8.09. The summed E-state index contributed by atoms with van der Waals surface area (Å²) in [6.45, 7) is -0.147. The second-order valence-electron chi connectivity index (χ2n) is 5.60. The van der Waals surface area contributed by atoms with Crippen molar-refractivity contribution in [3.8, 4) is 0 Å². The van der Waals surface area contributed by atoms with Crippen LogP contribution in [-0.2, 0) is 9.59 Å². The van der Waals surface area contributed by atoms with Crippen LogP contribution in [0.25, 0.3) is 6.08 Å². The summed E-state index contributed by atoms with van der Waals surface area (Å²) >= 11 is 13.9. The number of halogens is 1. The molecule has 0 unspecified atom stereocenters. The highest BCUT2D eigenvalue weighted by atomic mass is 35.5. The molecule has 5 nitrogen and oxygen atoms in total. The van der Waals surface area contributed by atoms with Crippen molar-refractivity contribution in [2.75, 3.05) is 18.1 Å². The number of carbonyl (C=O) groups excluding carboxylic acids is 2. The molecule has 2 atom stereocenters. The zero-order valence-corrected chi connectivity index (χ0v) is 16.2. The van der Waals surface area contributed by atoms with Crippen molar-refractivity contribution in [1.29, 1.82) is 0 Å². The Morgan fingerprint density at radius 1 is 1.48 bits per heavy atom. The quantitative estimate of drug-likeness (QED) is 0.581. The summed E-state index contributed by atoms with van der Waals surface area (Å²) in [6, 6.07) is 6.86. The number of nitrogens with one attached hydrogen (secondary N) is 1. The third kappa shape index (κ3) is 4.57. The molecule has 2 fully saturated rings. The highest BCUT2D eigenvalue weighted by molar-refractivity contribution is 8.26. The van der Waals surface area contributed by atoms with Crippen LogP contribution in [0, 0.1) is 0 Å². The fourth-order valence-corrected chi connectivity index (χ4v) is 5.08. The molecular formula is C16H15ClN2O3S3. The molecule has 2 saturated heterocycles. The van der Waals surface area contributed by atoms with Gasteiger partial charge < -0.3 is 10.4 Å². The van der Waals surface area contributed by atoms with Crippen LogP contribution in [-0.4, -0.2) is 56.3 Å². The molecule has 0 spiro atoms. The molecule has 0 bridgehead atoms. The lowest BCUT2D eigenvalue weighted by Gasteiger charge is -2.18. The van der Waals surface area contributed by atoms with Gasteiger partial charge in [-0.3, -0.25) is 14.5 Å². The molecule has 9 heteroatoms. The number of hydrogen-bond donors (Lipinski definition) is 2. The minimum absolute atomic E-state index is 0.147. The maximum atomic E-state index is 12.5. The van der Waals surface area contributed by atoms with Gasteiger partial charge in [-0.25, -0.2) is 0 Å². The third-order valence-electron chi connectivity index (χ3n) is 3.72. The SMILES string of the molecule is O=C(CN1C(=O)C(=Cc2cccc(Cl)c2)SC1=S)N[C@@H]1CSC[C@@H]1O. The monoisotopic (exact) mass is 414 g/mol. The largest absolute Gasteiger partial charge is 0.390 e. The Hall–Kier alpha value is -1.06. The van der Waals surface area contributed by atoms with E-state index in [1.165, 1.54) is 4.90 Å². The van der Waals surface area contributed by atoms with Gasteiger partial charge in [0.15, 0.2) is 0 Å². The van der Waals surface area contributed by atoms with Crippen LogP contribution in [0.4, 0.5) is 0 Å². The lowest BCUT2D eigenvalue weighted by atomic mass is 10.2. The molecule has 2 amide bonds. The average molecular weight is 415 g/mol. The Labute approximate surface area is 164 Å². The first-order chi connectivity index (χ1) is 11.9. The van der Waals surface area contributed by atoms with E-state index >= 15 is 0 Å². The smallest absolute Gasteiger partial charge is 0.266 e. The molecule has 0 radical (unpaired) electrons. The standard InChI is InChI=1S/C16H15ClN2O3S3/c17-10-3-1-2-9(4-10)5-13-15(22)19(16(23)25-13)6-14(21)18-11-7-24-8-12(11)20/h1-5,11-12,20H,6-8H2,(H,18,21)/t11-,12+/m1/s1. The van der Waals surface area contributed by atoms with Crippen molar-refractivity contribution in [3.63, 3.8) is 0 Å². The highest BCUT2D eigenvalue weighted by Gasteiger charge is 2.34. The summed E-state index contributed by atoms with van der Waals surface area (Å²) in [5, 5.41) is 13.1. The van der Waals surface area contributed by atoms with Gasteiger partial charge >= 0.3 is 0 Å². The van der Waals surface area contributed by atoms with Crippen molar-refractivity contribution in [2.45, 2.75) is 12.1 Å². The normalized spacial score (nSPS) is 25.0. The number of amides is 2. The number of nitrogens with zero attached hydrogens (tertiary/aromatic N) is 1. The maximum Gasteiger partial charge on any atom is 0.266 e. The summed E-state index contributed by atoms with van der Waals surface area (Å²) in [6.07, 6.45) is 1.16. The molecule has 1 aromatic carbocycles. The summed E-state index contributed by atoms with van der Waals surface area (Å²) < 4.78 is 0.342. The Balaban J connectivity index is 1.66. The van der Waals surface area contributed by atoms with Gasteiger partial charge in [0.2, 0.25) is 5.91 Å². The van der Waals surface area contributed by atoms with Crippen LogP contribution in [0.1, 0.15) is 5.56 Å². The van der Waals surface area contributed by atoms with E-state index in [2.05, 4.69) is 5.32 Å². The number of carbonyl (C=O) groups is 2. The lowest BCUT2D eigenvalue weighted by molar-refractivity contribution is -0.129. The molecule has 3 rings (SSSR count). The zero-order valence-electron chi connectivity index (χ0n) is 13.0. The van der Waals surface area contributed by atoms with Crippen LogP contribution in [0.3, 0.4) is 0 Å². The number of benzene rings is 1. The fraction of sp³-hybridized carbons (Fsp3) is 0.312. The zero-order chi connectivity index (χ0) is 18.0. The predicted molar refractivity (Wildman–Crippen MR) is 107 cm³/mol. The molecule has 2 heterocycles. The summed E-state index contributed by atoms with van der Waals surface area (Å²) in [7, 11) is 0. The lowest BCUT2D eigenvalue weighted by Crippen LogP contribution is -2.47. The van der Waals surface area contributed by atoms with Crippen molar-refractivity contribution in [2.24, 2.45) is 0 Å². The number of hydrogen-bond acceptors (Lipinski definition) is 6. The van der Waals surface area contributed by atoms with E-state index in [-0.39, 0.29) is 24.4 Å². The third-order valence-corrected chi connectivity index (χ3v) is 6.50. The van der Waals surface area contributed by atoms with Crippen LogP contribution < -0.4 is 5.32 Å². The summed E-state index contributed by atoms with van der Waals surface area (Å²) in [5.41, 5.74) is 0.795. The Morgan fingerprint density at radius 3 is 2.96 bits per heavy atom. The number of thioether (sulfide) groups is 2. The van der Waals surface area contributed by atoms with Crippen molar-refractivity contribution in [3.05, 3.63) is 39.8 Å². The maximum absolute atomic E-state index is 12.5. The molecule has 0 aliphatic carbocycles. The average Bonchev–Trinajstić information content (AvgIpc) is 3.06. The van der Waals surface area contributed by atoms with Crippen LogP contribution in [0.5, 0.6) is 0 Å². The first kappa shape index (κ1) is 18.7. The molecule has 2 aliphatic heterocycles. The number of rotatable bonds is 4. The van der Waals surface area contributed by atoms with Gasteiger partial charge in [0, 0.05) is 16.5 Å². The van der Waals surface area contributed by atoms with E-state index in [0.29, 0.717) is 25.8 Å². The van der Waals surface area contributed by atoms with E-state index in [9.17, 15) is 14.7 Å². The Kier molecular flexibility index (Phi) is 6.06. The predicted octanol–water partition coefficient (Wildman–Crippen LogP) is 2.13. The summed E-state index contributed by atoms with van der Waals surface area (Å²) in [5.74, 6) is 0.646. The van der Waals surface area contributed by atoms with E-state index in [1.54, 1.807) is 36.0 Å². The molecule has 2 aliphatic rings. The van der Waals surface area contributed by atoms with Gasteiger partial charge in [-0.05, 0) is 23.8 Å². The van der Waals surface area contributed by atoms with Gasteiger partial charge in [0.05, 0.1) is 17.1 Å². The number of thiocarbonyl (C=S) groups is 1. The minimum Gasteiger partial charge on any atom is -0.390 e. The summed E-state index contributed by atoms with van der Waals surface area (Å²) in [4.78, 5) is 26.4. The molecule has 2 N–H and O–H groups in total. The number of aliphatic hydroxyl groups is 1. The van der Waals surface area contributed by atoms with Crippen molar-refractivity contribution in [1.82, 2.24) is 10.2 Å². The van der Waals surface area contributed by atoms with Crippen LogP contribution in [0.15, 0.2) is 29.2 Å². The van der Waals surface area contributed by atoms with Gasteiger partial charge in [0.25, 0.3) is 5.91 Å². The molecular weight excluding hydrogens is 400 g/mol. The van der Waals surface area contributed by atoms with Crippen LogP contribution in [0.2, 0.25) is 5.02 Å². The number of aliphatic hydroxyl groups excluding tert-OH is 1. The molecule has 0 aromatic heterocycles. The van der Waals surface area contributed by atoms with Gasteiger partial charge in [-0.1, -0.05) is 47.7 Å². The van der Waals surface area contributed by atoms with E-state index < -0.39 is 6.10 Å². The molecule has 25 heavy (non-hydrogen) atoms. The highest BCUT2D eigenvalue weighted by Crippen LogP contribution is 2.32. The first-order valence-electron chi connectivity index (χ1n) is 7.50. The second-order valence-corrected chi connectivity index (χ2v) is 8.79. The van der Waals surface area contributed by atoms with Gasteiger partial charge in [-0.2, -0.15) is 11.8 Å². The van der Waals surface area contributed by atoms with E-state index in [1.807, 2.05) is 6.07 Å². The fourth-order valence-electron chi connectivity index (χ4n) is 2.46. The molecule has 0 saturated carbocycles. The van der Waals surface area contributed by atoms with Gasteiger partial charge in [-0.15, -0.1) is 0 Å². The van der Waals surface area contributed by atoms with Crippen LogP contribution >= 0.6 is 47.3 Å². The molecule has 132 valence electrons. The molecule has 1 aromatic rings. The first-order valence-corrected chi connectivity index (χ1v) is 10.3. The Bertz CT molecular complexity index is 756. The minimum atomic E-state index is -0.553. The van der Waals surface area contributed by atoms with E-state index in [4.69, 9.17) is 23.8 Å². The van der Waals surface area contributed by atoms with Crippen molar-refractivity contribution < 1.29 is 14.7 Å². The topological polar surface area (TPSA) is 69.6 Å².